The quantitative estimate of drug-likeness (QED) is 0.922. The maximum absolute atomic E-state index is 12.6. The molecule has 0 aromatic carbocycles. The summed E-state index contributed by atoms with van der Waals surface area (Å²) >= 11 is 0. The average Bonchev–Trinajstić information content (AvgIpc) is 3.01. The van der Waals surface area contributed by atoms with Gasteiger partial charge in [0, 0.05) is 45.8 Å². The second kappa shape index (κ2) is 6.76. The highest BCUT2D eigenvalue weighted by molar-refractivity contribution is 5.93. The van der Waals surface area contributed by atoms with E-state index in [1.165, 1.54) is 0 Å². The molecule has 122 valence electrons. The van der Waals surface area contributed by atoms with Crippen molar-refractivity contribution in [2.24, 2.45) is 13.0 Å². The number of likely N-dealkylation sites (tertiary alicyclic amines) is 1. The molecule has 23 heavy (non-hydrogen) atoms. The van der Waals surface area contributed by atoms with Gasteiger partial charge in [-0.25, -0.2) is 4.98 Å². The van der Waals surface area contributed by atoms with Crippen molar-refractivity contribution in [3.8, 4) is 0 Å². The van der Waals surface area contributed by atoms with Crippen LogP contribution in [0.5, 0.6) is 0 Å². The SMILES string of the molecule is CNc1nccnc1C[C@H]1CCCN(C(=O)c2cnn(C)c2)C1. The summed E-state index contributed by atoms with van der Waals surface area (Å²) in [5, 5.41) is 7.17. The number of carbonyl (C=O) groups is 1. The summed E-state index contributed by atoms with van der Waals surface area (Å²) in [6, 6.07) is 0. The lowest BCUT2D eigenvalue weighted by atomic mass is 9.93. The first kappa shape index (κ1) is 15.5. The summed E-state index contributed by atoms with van der Waals surface area (Å²) in [4.78, 5) is 23.2. The number of hydrogen-bond donors (Lipinski definition) is 1. The number of amides is 1. The zero-order valence-electron chi connectivity index (χ0n) is 13.6. The summed E-state index contributed by atoms with van der Waals surface area (Å²) in [6.07, 6.45) is 9.77. The van der Waals surface area contributed by atoms with Gasteiger partial charge in [0.15, 0.2) is 0 Å². The summed E-state index contributed by atoms with van der Waals surface area (Å²) in [5.41, 5.74) is 1.62. The molecule has 3 rings (SSSR count). The molecule has 3 heterocycles. The van der Waals surface area contributed by atoms with Crippen LogP contribution in [0.4, 0.5) is 5.82 Å². The van der Waals surface area contributed by atoms with Gasteiger partial charge in [-0.05, 0) is 25.2 Å². The first-order valence-electron chi connectivity index (χ1n) is 7.93. The van der Waals surface area contributed by atoms with Crippen LogP contribution in [0, 0.1) is 5.92 Å². The van der Waals surface area contributed by atoms with Crippen molar-refractivity contribution in [1.82, 2.24) is 24.6 Å². The number of nitrogens with one attached hydrogen (secondary N) is 1. The topological polar surface area (TPSA) is 75.9 Å². The van der Waals surface area contributed by atoms with E-state index in [1.807, 2.05) is 19.0 Å². The number of hydrogen-bond acceptors (Lipinski definition) is 5. The van der Waals surface area contributed by atoms with Gasteiger partial charge in [0.25, 0.3) is 5.91 Å². The Kier molecular flexibility index (Phi) is 4.55. The maximum atomic E-state index is 12.6. The number of carbonyl (C=O) groups excluding carboxylic acids is 1. The van der Waals surface area contributed by atoms with Crippen LogP contribution in [0.1, 0.15) is 28.9 Å². The molecule has 7 heteroatoms. The zero-order chi connectivity index (χ0) is 16.2. The van der Waals surface area contributed by atoms with Crippen molar-refractivity contribution >= 4 is 11.7 Å². The molecule has 1 saturated heterocycles. The number of piperidine rings is 1. The number of anilines is 1. The summed E-state index contributed by atoms with van der Waals surface area (Å²) in [5.74, 6) is 1.30. The smallest absolute Gasteiger partial charge is 0.257 e. The number of nitrogens with zero attached hydrogens (tertiary/aromatic N) is 5. The van der Waals surface area contributed by atoms with E-state index in [0.717, 1.165) is 43.9 Å². The molecule has 0 bridgehead atoms. The molecule has 2 aromatic rings. The lowest BCUT2D eigenvalue weighted by Crippen LogP contribution is -2.40. The Morgan fingerprint density at radius 3 is 2.96 bits per heavy atom. The minimum atomic E-state index is 0.0655. The molecule has 0 spiro atoms. The maximum Gasteiger partial charge on any atom is 0.257 e. The van der Waals surface area contributed by atoms with Crippen molar-refractivity contribution in [2.75, 3.05) is 25.5 Å². The standard InChI is InChI=1S/C16H22N6O/c1-17-15-14(18-5-6-19-15)8-12-4-3-7-22(10-12)16(23)13-9-20-21(2)11-13/h5-6,9,11-12H,3-4,7-8,10H2,1-2H3,(H,17,19)/t12-/m1/s1. The molecule has 1 aliphatic rings. The van der Waals surface area contributed by atoms with Crippen LogP contribution >= 0.6 is 0 Å². The third kappa shape index (κ3) is 3.49. The van der Waals surface area contributed by atoms with E-state index in [0.29, 0.717) is 11.5 Å². The van der Waals surface area contributed by atoms with Crippen molar-refractivity contribution in [1.29, 1.82) is 0 Å². The van der Waals surface area contributed by atoms with E-state index in [1.54, 1.807) is 29.5 Å². The van der Waals surface area contributed by atoms with Crippen LogP contribution < -0.4 is 5.32 Å². The number of aryl methyl sites for hydroxylation is 1. The monoisotopic (exact) mass is 314 g/mol. The Bertz CT molecular complexity index is 683. The molecule has 1 amide bonds. The first-order valence-corrected chi connectivity index (χ1v) is 7.93. The van der Waals surface area contributed by atoms with Gasteiger partial charge >= 0.3 is 0 Å². The van der Waals surface area contributed by atoms with Crippen LogP contribution in [0.25, 0.3) is 0 Å². The van der Waals surface area contributed by atoms with Gasteiger partial charge in [-0.1, -0.05) is 0 Å². The Hall–Kier alpha value is -2.44. The fourth-order valence-electron chi connectivity index (χ4n) is 3.13. The largest absolute Gasteiger partial charge is 0.372 e. The highest BCUT2D eigenvalue weighted by Crippen LogP contribution is 2.23. The Balaban J connectivity index is 1.67. The van der Waals surface area contributed by atoms with Gasteiger partial charge in [-0.3, -0.25) is 14.5 Å². The summed E-state index contributed by atoms with van der Waals surface area (Å²) in [6.45, 7) is 1.57. The molecule has 0 radical (unpaired) electrons. The molecule has 1 atom stereocenters. The van der Waals surface area contributed by atoms with Crippen LogP contribution in [-0.4, -0.2) is 50.7 Å². The van der Waals surface area contributed by atoms with E-state index in [2.05, 4.69) is 20.4 Å². The van der Waals surface area contributed by atoms with Crippen LogP contribution in [0.2, 0.25) is 0 Å². The average molecular weight is 314 g/mol. The molecule has 1 N–H and O–H groups in total. The third-order valence-corrected chi connectivity index (χ3v) is 4.25. The Morgan fingerprint density at radius 1 is 1.39 bits per heavy atom. The van der Waals surface area contributed by atoms with Crippen LogP contribution in [0.15, 0.2) is 24.8 Å². The van der Waals surface area contributed by atoms with Crippen LogP contribution in [-0.2, 0) is 13.5 Å². The molecule has 1 aliphatic heterocycles. The zero-order valence-corrected chi connectivity index (χ0v) is 13.6. The molecule has 2 aromatic heterocycles. The molecule has 0 unspecified atom stereocenters. The predicted molar refractivity (Wildman–Crippen MR) is 87.1 cm³/mol. The lowest BCUT2D eigenvalue weighted by molar-refractivity contribution is 0.0673. The van der Waals surface area contributed by atoms with E-state index >= 15 is 0 Å². The lowest BCUT2D eigenvalue weighted by Gasteiger charge is -2.32. The van der Waals surface area contributed by atoms with E-state index in [4.69, 9.17) is 0 Å². The van der Waals surface area contributed by atoms with Gasteiger partial charge in [0.1, 0.15) is 5.82 Å². The predicted octanol–water partition coefficient (Wildman–Crippen LogP) is 1.35. The van der Waals surface area contributed by atoms with Crippen molar-refractivity contribution in [2.45, 2.75) is 19.3 Å². The highest BCUT2D eigenvalue weighted by Gasteiger charge is 2.26. The fraction of sp³-hybridized carbons (Fsp3) is 0.500. The Morgan fingerprint density at radius 2 is 2.22 bits per heavy atom. The van der Waals surface area contributed by atoms with Crippen molar-refractivity contribution < 1.29 is 4.79 Å². The second-order valence-corrected chi connectivity index (χ2v) is 5.97. The first-order chi connectivity index (χ1) is 11.2. The molecular formula is C16H22N6O. The van der Waals surface area contributed by atoms with E-state index in [9.17, 15) is 4.79 Å². The van der Waals surface area contributed by atoms with Gasteiger partial charge in [-0.2, -0.15) is 5.10 Å². The van der Waals surface area contributed by atoms with Gasteiger partial charge in [-0.15, -0.1) is 0 Å². The second-order valence-electron chi connectivity index (χ2n) is 5.97. The van der Waals surface area contributed by atoms with Gasteiger partial charge < -0.3 is 10.2 Å². The third-order valence-electron chi connectivity index (χ3n) is 4.25. The molecule has 0 saturated carbocycles. The summed E-state index contributed by atoms with van der Waals surface area (Å²) < 4.78 is 1.66. The van der Waals surface area contributed by atoms with Crippen LogP contribution in [0.3, 0.4) is 0 Å². The minimum absolute atomic E-state index is 0.0655. The molecule has 1 fully saturated rings. The normalized spacial score (nSPS) is 18.0. The minimum Gasteiger partial charge on any atom is -0.372 e. The highest BCUT2D eigenvalue weighted by atomic mass is 16.2. The summed E-state index contributed by atoms with van der Waals surface area (Å²) in [7, 11) is 3.68. The van der Waals surface area contributed by atoms with E-state index < -0.39 is 0 Å². The molecule has 0 aliphatic carbocycles. The fourth-order valence-corrected chi connectivity index (χ4v) is 3.13. The molecular weight excluding hydrogens is 292 g/mol. The number of rotatable bonds is 4. The van der Waals surface area contributed by atoms with E-state index in [-0.39, 0.29) is 5.91 Å². The van der Waals surface area contributed by atoms with Gasteiger partial charge in [0.2, 0.25) is 0 Å². The Labute approximate surface area is 135 Å². The van der Waals surface area contributed by atoms with Crippen molar-refractivity contribution in [3.05, 3.63) is 36.0 Å². The van der Waals surface area contributed by atoms with Crippen molar-refractivity contribution in [3.63, 3.8) is 0 Å². The van der Waals surface area contributed by atoms with Gasteiger partial charge in [0.05, 0.1) is 17.5 Å². The molecule has 7 nitrogen and oxygen atoms in total. The number of aromatic nitrogens is 4.